The number of halogens is 3. The van der Waals surface area contributed by atoms with Gasteiger partial charge in [0.05, 0.1) is 24.1 Å². The molecule has 0 aliphatic heterocycles. The van der Waals surface area contributed by atoms with Crippen LogP contribution in [0, 0.1) is 12.3 Å². The first kappa shape index (κ1) is 30.4. The predicted octanol–water partition coefficient (Wildman–Crippen LogP) is 4.82. The van der Waals surface area contributed by atoms with Crippen molar-refractivity contribution in [2.75, 3.05) is 20.8 Å². The number of ether oxygens (including phenoxy) is 2. The van der Waals surface area contributed by atoms with Gasteiger partial charge in [0.2, 0.25) is 0 Å². The number of carbonyl (C=O) groups is 1. The molecule has 2 heterocycles. The Morgan fingerprint density at radius 1 is 1.22 bits per heavy atom. The van der Waals surface area contributed by atoms with E-state index < -0.39 is 30.2 Å². The lowest BCUT2D eigenvalue weighted by Gasteiger charge is -2.26. The van der Waals surface area contributed by atoms with Gasteiger partial charge in [0.25, 0.3) is 0 Å². The van der Waals surface area contributed by atoms with E-state index in [2.05, 4.69) is 4.98 Å². The van der Waals surface area contributed by atoms with Crippen LogP contribution in [-0.4, -0.2) is 55.5 Å². The summed E-state index contributed by atoms with van der Waals surface area (Å²) in [6.45, 7) is 7.73. The minimum Gasteiger partial charge on any atom is -0.465 e. The van der Waals surface area contributed by atoms with Crippen molar-refractivity contribution in [1.82, 2.24) is 9.55 Å². The molecule has 0 amide bonds. The van der Waals surface area contributed by atoms with Crippen molar-refractivity contribution in [1.29, 1.82) is 0 Å². The van der Waals surface area contributed by atoms with Gasteiger partial charge >= 0.3 is 12.1 Å². The van der Waals surface area contributed by atoms with E-state index in [1.54, 1.807) is 31.3 Å². The fourth-order valence-corrected chi connectivity index (χ4v) is 4.30. The summed E-state index contributed by atoms with van der Waals surface area (Å²) >= 11 is 0. The normalized spacial score (nSPS) is 12.7. The van der Waals surface area contributed by atoms with Crippen LogP contribution in [-0.2, 0) is 27.2 Å². The molecular weight excluding hydrogens is 484 g/mol. The Labute approximate surface area is 217 Å². The van der Waals surface area contributed by atoms with E-state index in [4.69, 9.17) is 22.4 Å². The molecule has 0 aliphatic carbocycles. The topological polar surface area (TPSA) is 73.6 Å². The average molecular weight is 518 g/mol. The first-order chi connectivity index (χ1) is 17.2. The summed E-state index contributed by atoms with van der Waals surface area (Å²) < 4.78 is 53.6. The van der Waals surface area contributed by atoms with Crippen molar-refractivity contribution in [2.24, 2.45) is 5.41 Å². The summed E-state index contributed by atoms with van der Waals surface area (Å²) in [5.74, 6) is -0.416. The van der Waals surface area contributed by atoms with Gasteiger partial charge in [0.15, 0.2) is 0 Å². The van der Waals surface area contributed by atoms with Gasteiger partial charge in [-0.15, -0.1) is 0 Å². The molecule has 3 aromatic rings. The van der Waals surface area contributed by atoms with Crippen LogP contribution in [0.25, 0.3) is 22.2 Å². The molecule has 1 N–H and O–H groups in total. The molecule has 10 heteroatoms. The number of aryl methyl sites for hydroxylation is 1. The molecule has 6 nitrogen and oxygen atoms in total. The molecule has 200 valence electrons. The van der Waals surface area contributed by atoms with Gasteiger partial charge in [-0.3, -0.25) is 9.78 Å². The Bertz CT molecular complexity index is 1240. The molecule has 0 bridgehead atoms. The molecule has 37 heavy (non-hydrogen) atoms. The van der Waals surface area contributed by atoms with Crippen LogP contribution in [0.15, 0.2) is 30.5 Å². The van der Waals surface area contributed by atoms with Gasteiger partial charge < -0.3 is 19.1 Å². The molecule has 2 radical (unpaired) electrons. The first-order valence-electron chi connectivity index (χ1n) is 11.8. The number of carbonyl (C=O) groups excluding carboxylic acids is 1. The van der Waals surface area contributed by atoms with Gasteiger partial charge in [0.1, 0.15) is 14.4 Å². The van der Waals surface area contributed by atoms with Crippen molar-refractivity contribution in [3.05, 3.63) is 47.3 Å². The summed E-state index contributed by atoms with van der Waals surface area (Å²) in [5, 5.41) is 7.62. The third kappa shape index (κ3) is 7.58. The lowest BCUT2D eigenvalue weighted by atomic mass is 9.83. The number of aliphatic hydroxyl groups excluding tert-OH is 1. The number of esters is 1. The van der Waals surface area contributed by atoms with Crippen LogP contribution in [0.5, 0.6) is 0 Å². The summed E-state index contributed by atoms with van der Waals surface area (Å²) in [5.41, 5.74) is 3.31. The number of aromatic nitrogens is 2. The average Bonchev–Trinajstić information content (AvgIpc) is 3.08. The monoisotopic (exact) mass is 518 g/mol. The SMILES string of the molecule is CO.[B]c1ccc2c(c1)c(CC(C)(C)COC(C)=O)c(-c1cc(C)cnc1C(C)OC)n2CC(F)(F)F. The maximum absolute atomic E-state index is 13.9. The smallest absolute Gasteiger partial charge is 0.406 e. The van der Waals surface area contributed by atoms with Crippen LogP contribution in [0.4, 0.5) is 13.2 Å². The Morgan fingerprint density at radius 3 is 2.43 bits per heavy atom. The van der Waals surface area contributed by atoms with E-state index in [0.29, 0.717) is 45.3 Å². The lowest BCUT2D eigenvalue weighted by Crippen LogP contribution is -2.24. The molecule has 0 saturated carbocycles. The maximum atomic E-state index is 13.9. The molecule has 1 unspecified atom stereocenters. The molecular formula is C27H34BF3N2O4. The minimum atomic E-state index is -4.46. The number of hydrogen-bond donors (Lipinski definition) is 1. The molecule has 2 aromatic heterocycles. The Morgan fingerprint density at radius 2 is 1.86 bits per heavy atom. The second-order valence-corrected chi connectivity index (χ2v) is 9.75. The largest absolute Gasteiger partial charge is 0.465 e. The number of rotatable bonds is 8. The van der Waals surface area contributed by atoms with E-state index >= 15 is 0 Å². The number of aliphatic hydroxyl groups is 1. The zero-order valence-corrected chi connectivity index (χ0v) is 22.4. The highest BCUT2D eigenvalue weighted by Gasteiger charge is 2.34. The van der Waals surface area contributed by atoms with Crippen LogP contribution in [0.3, 0.4) is 0 Å². The van der Waals surface area contributed by atoms with Gasteiger partial charge in [-0.2, -0.15) is 13.2 Å². The summed E-state index contributed by atoms with van der Waals surface area (Å²) in [7, 11) is 8.60. The van der Waals surface area contributed by atoms with Crippen molar-refractivity contribution in [3.8, 4) is 11.3 Å². The third-order valence-electron chi connectivity index (χ3n) is 5.90. The highest BCUT2D eigenvalue weighted by Crippen LogP contribution is 2.41. The highest BCUT2D eigenvalue weighted by atomic mass is 19.4. The number of methoxy groups -OCH3 is 1. The number of benzene rings is 1. The van der Waals surface area contributed by atoms with E-state index in [1.807, 2.05) is 26.8 Å². The minimum absolute atomic E-state index is 0.115. The zero-order valence-electron chi connectivity index (χ0n) is 22.4. The number of nitrogens with zero attached hydrogens (tertiary/aromatic N) is 2. The van der Waals surface area contributed by atoms with Crippen molar-refractivity contribution < 1.29 is 32.5 Å². The summed E-state index contributed by atoms with van der Waals surface area (Å²) in [4.78, 5) is 16.0. The molecule has 1 atom stereocenters. The molecule has 1 aromatic carbocycles. The predicted molar refractivity (Wildman–Crippen MR) is 139 cm³/mol. The third-order valence-corrected chi connectivity index (χ3v) is 5.90. The number of pyridine rings is 1. The Balaban J connectivity index is 0.00000235. The first-order valence-corrected chi connectivity index (χ1v) is 11.8. The Kier molecular flexibility index (Phi) is 9.96. The molecule has 3 rings (SSSR count). The molecule has 0 fully saturated rings. The van der Waals surface area contributed by atoms with Crippen molar-refractivity contribution >= 4 is 30.2 Å². The van der Waals surface area contributed by atoms with E-state index in [-0.39, 0.29) is 6.61 Å². The van der Waals surface area contributed by atoms with E-state index in [1.165, 1.54) is 18.6 Å². The van der Waals surface area contributed by atoms with Crippen molar-refractivity contribution in [3.63, 3.8) is 0 Å². The fraction of sp³-hybridized carbons (Fsp3) is 0.481. The standard InChI is InChI=1S/C26H30BF3N2O3.CH4O/c1-15-9-20(23(31-12-15)16(2)34-6)24-21(11-25(4,5)14-35-17(3)33)19-10-18(27)7-8-22(19)32(24)13-26(28,29)30;1-2/h7-10,12,16H,11,13-14H2,1-6H3;2H,1H3. The van der Waals surface area contributed by atoms with E-state index in [0.717, 1.165) is 12.7 Å². The van der Waals surface area contributed by atoms with Gasteiger partial charge in [-0.1, -0.05) is 31.4 Å². The number of alkyl halides is 3. The maximum Gasteiger partial charge on any atom is 0.406 e. The van der Waals surface area contributed by atoms with Crippen molar-refractivity contribution in [2.45, 2.75) is 59.9 Å². The zero-order chi connectivity index (χ0) is 28.1. The quantitative estimate of drug-likeness (QED) is 0.342. The van der Waals surface area contributed by atoms with Gasteiger partial charge in [-0.25, -0.2) is 0 Å². The second kappa shape index (κ2) is 12.1. The summed E-state index contributed by atoms with van der Waals surface area (Å²) in [6.07, 6.45) is -2.89. The van der Waals surface area contributed by atoms with Gasteiger partial charge in [0, 0.05) is 49.2 Å². The summed E-state index contributed by atoms with van der Waals surface area (Å²) in [6, 6.07) is 6.75. The lowest BCUT2D eigenvalue weighted by molar-refractivity contribution is -0.144. The van der Waals surface area contributed by atoms with E-state index in [9.17, 15) is 18.0 Å². The number of hydrogen-bond acceptors (Lipinski definition) is 5. The molecule has 0 saturated heterocycles. The van der Waals surface area contributed by atoms with Gasteiger partial charge in [-0.05, 0) is 43.5 Å². The highest BCUT2D eigenvalue weighted by molar-refractivity contribution is 6.33. The fourth-order valence-electron chi connectivity index (χ4n) is 4.30. The molecule has 0 aliphatic rings. The van der Waals surface area contributed by atoms with Crippen LogP contribution in [0.2, 0.25) is 0 Å². The Hall–Kier alpha value is -2.85. The van der Waals surface area contributed by atoms with Crippen LogP contribution in [0.1, 0.15) is 50.6 Å². The number of fused-ring (bicyclic) bond motifs is 1. The van der Waals surface area contributed by atoms with Crippen LogP contribution < -0.4 is 5.46 Å². The molecule has 0 spiro atoms. The second-order valence-electron chi connectivity index (χ2n) is 9.75. The van der Waals surface area contributed by atoms with Crippen LogP contribution >= 0.6 is 0 Å².